The van der Waals surface area contributed by atoms with Crippen LogP contribution in [0.4, 0.5) is 0 Å². The monoisotopic (exact) mass is 351 g/mol. The smallest absolute Gasteiger partial charge is 0.233 e. The molecule has 0 aliphatic rings. The Morgan fingerprint density at radius 3 is 2.40 bits per heavy atom. The average Bonchev–Trinajstić information content (AvgIpc) is 2.66. The van der Waals surface area contributed by atoms with E-state index in [0.717, 1.165) is 21.9 Å². The van der Waals surface area contributed by atoms with Gasteiger partial charge in [-0.05, 0) is 35.6 Å². The Morgan fingerprint density at radius 1 is 1.00 bits per heavy atom. The van der Waals surface area contributed by atoms with Gasteiger partial charge in [-0.25, -0.2) is 0 Å². The average molecular weight is 351 g/mol. The second kappa shape index (κ2) is 7.62. The molecule has 0 spiro atoms. The fourth-order valence-corrected chi connectivity index (χ4v) is 3.20. The zero-order valence-corrected chi connectivity index (χ0v) is 15.1. The summed E-state index contributed by atoms with van der Waals surface area (Å²) in [7, 11) is 0. The molecule has 4 heteroatoms. The number of amides is 1. The SMILES string of the molecule is CS[C@@H](C)C(=O)N[C@H](c1ccccc1)c1c(O)ccc2ccccc12. The first-order valence-electron chi connectivity index (χ1n) is 8.20. The van der Waals surface area contributed by atoms with Crippen LogP contribution in [0, 0.1) is 0 Å². The van der Waals surface area contributed by atoms with Crippen LogP contribution < -0.4 is 5.32 Å². The predicted octanol–water partition coefficient (Wildman–Crippen LogP) is 4.50. The van der Waals surface area contributed by atoms with Crippen LogP contribution in [0.2, 0.25) is 0 Å². The summed E-state index contributed by atoms with van der Waals surface area (Å²) in [5.41, 5.74) is 1.67. The van der Waals surface area contributed by atoms with Crippen molar-refractivity contribution >= 4 is 28.4 Å². The number of carbonyl (C=O) groups is 1. The Balaban J connectivity index is 2.15. The van der Waals surface area contributed by atoms with Crippen LogP contribution in [0.1, 0.15) is 24.1 Å². The molecule has 1 amide bonds. The second-order valence-electron chi connectivity index (χ2n) is 5.95. The molecule has 0 aromatic heterocycles. The Labute approximate surface area is 152 Å². The molecular weight excluding hydrogens is 330 g/mol. The first-order valence-corrected chi connectivity index (χ1v) is 9.49. The lowest BCUT2D eigenvalue weighted by Crippen LogP contribution is -2.35. The molecule has 0 aliphatic heterocycles. The van der Waals surface area contributed by atoms with E-state index in [4.69, 9.17) is 0 Å². The summed E-state index contributed by atoms with van der Waals surface area (Å²) < 4.78 is 0. The van der Waals surface area contributed by atoms with E-state index in [9.17, 15) is 9.90 Å². The van der Waals surface area contributed by atoms with Gasteiger partial charge in [0.1, 0.15) is 5.75 Å². The lowest BCUT2D eigenvalue weighted by Gasteiger charge is -2.24. The molecule has 0 radical (unpaired) electrons. The van der Waals surface area contributed by atoms with Crippen LogP contribution in [0.15, 0.2) is 66.7 Å². The van der Waals surface area contributed by atoms with Gasteiger partial charge in [0.2, 0.25) is 5.91 Å². The Morgan fingerprint density at radius 2 is 1.68 bits per heavy atom. The van der Waals surface area contributed by atoms with E-state index in [2.05, 4.69) is 5.32 Å². The van der Waals surface area contributed by atoms with E-state index in [-0.39, 0.29) is 16.9 Å². The molecule has 0 fully saturated rings. The summed E-state index contributed by atoms with van der Waals surface area (Å²) in [6, 6.07) is 20.8. The van der Waals surface area contributed by atoms with Crippen molar-refractivity contribution in [3.05, 3.63) is 77.9 Å². The van der Waals surface area contributed by atoms with Gasteiger partial charge in [-0.1, -0.05) is 60.7 Å². The zero-order valence-electron chi connectivity index (χ0n) is 14.3. The number of phenolic OH excluding ortho intramolecular Hbond substituents is 1. The number of hydrogen-bond acceptors (Lipinski definition) is 3. The van der Waals surface area contributed by atoms with Gasteiger partial charge < -0.3 is 10.4 Å². The number of nitrogens with one attached hydrogen (secondary N) is 1. The Kier molecular flexibility index (Phi) is 5.29. The van der Waals surface area contributed by atoms with Crippen molar-refractivity contribution in [2.24, 2.45) is 0 Å². The van der Waals surface area contributed by atoms with Crippen LogP contribution in [0.3, 0.4) is 0 Å². The quantitative estimate of drug-likeness (QED) is 0.711. The van der Waals surface area contributed by atoms with E-state index >= 15 is 0 Å². The van der Waals surface area contributed by atoms with Gasteiger partial charge in [0.05, 0.1) is 11.3 Å². The summed E-state index contributed by atoms with van der Waals surface area (Å²) in [4.78, 5) is 12.6. The van der Waals surface area contributed by atoms with Crippen molar-refractivity contribution in [2.45, 2.75) is 18.2 Å². The lowest BCUT2D eigenvalue weighted by atomic mass is 9.92. The number of aromatic hydroxyl groups is 1. The third-order valence-corrected chi connectivity index (χ3v) is 5.30. The third-order valence-electron chi connectivity index (χ3n) is 4.38. The zero-order chi connectivity index (χ0) is 17.8. The highest BCUT2D eigenvalue weighted by atomic mass is 32.2. The highest BCUT2D eigenvalue weighted by Crippen LogP contribution is 2.36. The standard InChI is InChI=1S/C21H21NO2S/c1-14(25-2)21(24)22-20(16-9-4-3-5-10-16)19-17-11-7-6-8-15(17)12-13-18(19)23/h3-14,20,23H,1-2H3,(H,22,24)/t14-,20+/m0/s1. The molecule has 2 N–H and O–H groups in total. The van der Waals surface area contributed by atoms with Gasteiger partial charge in [-0.2, -0.15) is 11.8 Å². The first-order chi connectivity index (χ1) is 12.1. The molecule has 0 saturated heterocycles. The van der Waals surface area contributed by atoms with E-state index in [1.165, 1.54) is 11.8 Å². The Bertz CT molecular complexity index is 879. The number of benzene rings is 3. The number of fused-ring (bicyclic) bond motifs is 1. The number of rotatable bonds is 5. The van der Waals surface area contributed by atoms with E-state index in [1.807, 2.05) is 73.8 Å². The molecule has 3 nitrogen and oxygen atoms in total. The summed E-state index contributed by atoms with van der Waals surface area (Å²) in [5, 5.41) is 15.5. The summed E-state index contributed by atoms with van der Waals surface area (Å²) in [6.07, 6.45) is 1.91. The van der Waals surface area contributed by atoms with Gasteiger partial charge >= 0.3 is 0 Å². The second-order valence-corrected chi connectivity index (χ2v) is 7.13. The molecule has 3 aromatic rings. The van der Waals surface area contributed by atoms with Gasteiger partial charge in [0.15, 0.2) is 0 Å². The topological polar surface area (TPSA) is 49.3 Å². The molecule has 2 atom stereocenters. The van der Waals surface area contributed by atoms with Gasteiger partial charge in [0, 0.05) is 5.56 Å². The maximum absolute atomic E-state index is 12.6. The summed E-state index contributed by atoms with van der Waals surface area (Å²) in [5.74, 6) is 0.137. The summed E-state index contributed by atoms with van der Waals surface area (Å²) >= 11 is 1.50. The molecule has 0 saturated carbocycles. The minimum atomic E-state index is -0.408. The lowest BCUT2D eigenvalue weighted by molar-refractivity contribution is -0.120. The van der Waals surface area contributed by atoms with E-state index in [0.29, 0.717) is 0 Å². The minimum absolute atomic E-state index is 0.0475. The molecule has 3 aromatic carbocycles. The predicted molar refractivity (Wildman–Crippen MR) is 105 cm³/mol. The molecule has 25 heavy (non-hydrogen) atoms. The molecule has 128 valence electrons. The van der Waals surface area contributed by atoms with Crippen LogP contribution in [-0.2, 0) is 4.79 Å². The van der Waals surface area contributed by atoms with Crippen molar-refractivity contribution in [1.29, 1.82) is 0 Å². The number of carbonyl (C=O) groups excluding carboxylic acids is 1. The molecule has 3 rings (SSSR count). The Hall–Kier alpha value is -2.46. The highest BCUT2D eigenvalue weighted by molar-refractivity contribution is 7.99. The van der Waals surface area contributed by atoms with Crippen molar-refractivity contribution in [3.63, 3.8) is 0 Å². The number of thioether (sulfide) groups is 1. The fraction of sp³-hybridized carbons (Fsp3) is 0.190. The maximum Gasteiger partial charge on any atom is 0.233 e. The molecule has 0 heterocycles. The molecule has 0 aliphatic carbocycles. The minimum Gasteiger partial charge on any atom is -0.508 e. The van der Waals surface area contributed by atoms with E-state index < -0.39 is 6.04 Å². The normalized spacial score (nSPS) is 13.4. The van der Waals surface area contributed by atoms with Crippen LogP contribution in [0.5, 0.6) is 5.75 Å². The number of hydrogen-bond donors (Lipinski definition) is 2. The van der Waals surface area contributed by atoms with Crippen molar-refractivity contribution in [1.82, 2.24) is 5.32 Å². The molecule has 0 bridgehead atoms. The van der Waals surface area contributed by atoms with Gasteiger partial charge in [0.25, 0.3) is 0 Å². The highest BCUT2D eigenvalue weighted by Gasteiger charge is 2.24. The summed E-state index contributed by atoms with van der Waals surface area (Å²) in [6.45, 7) is 1.88. The largest absolute Gasteiger partial charge is 0.508 e. The van der Waals surface area contributed by atoms with Crippen molar-refractivity contribution in [3.8, 4) is 5.75 Å². The molecular formula is C21H21NO2S. The molecule has 0 unspecified atom stereocenters. The van der Waals surface area contributed by atoms with Crippen LogP contribution in [0.25, 0.3) is 10.8 Å². The number of phenols is 1. The fourth-order valence-electron chi connectivity index (χ4n) is 2.92. The van der Waals surface area contributed by atoms with Crippen LogP contribution >= 0.6 is 11.8 Å². The third kappa shape index (κ3) is 3.64. The van der Waals surface area contributed by atoms with Gasteiger partial charge in [-0.15, -0.1) is 0 Å². The maximum atomic E-state index is 12.6. The van der Waals surface area contributed by atoms with Crippen LogP contribution in [-0.4, -0.2) is 22.5 Å². The van der Waals surface area contributed by atoms with Crippen molar-refractivity contribution < 1.29 is 9.90 Å². The first kappa shape index (κ1) is 17.4. The van der Waals surface area contributed by atoms with E-state index in [1.54, 1.807) is 6.07 Å². The van der Waals surface area contributed by atoms with Gasteiger partial charge in [-0.3, -0.25) is 4.79 Å². The van der Waals surface area contributed by atoms with Crippen molar-refractivity contribution in [2.75, 3.05) is 6.26 Å².